The van der Waals surface area contributed by atoms with Crippen molar-refractivity contribution >= 4 is 27.5 Å². The predicted octanol–water partition coefficient (Wildman–Crippen LogP) is 2.30. The standard InChI is InChI=1S/C21H31N3O4S/c1-3-11-22-29(27,28)18-4-5-19-17(15-18)10-14-24(19)21(26)7-6-20(25)23-12-8-16(2)9-13-23/h4-5,15-16,22H,3,6-14H2,1-2H3. The molecule has 1 N–H and O–H groups in total. The van der Waals surface area contributed by atoms with Crippen LogP contribution in [0.25, 0.3) is 0 Å². The molecule has 0 atom stereocenters. The fourth-order valence-corrected chi connectivity index (χ4v) is 5.07. The summed E-state index contributed by atoms with van der Waals surface area (Å²) in [5.74, 6) is 0.628. The first kappa shape index (κ1) is 21.8. The Bertz CT molecular complexity index is 861. The number of sulfonamides is 1. The third-order valence-electron chi connectivity index (χ3n) is 5.79. The molecule has 0 saturated carbocycles. The van der Waals surface area contributed by atoms with E-state index >= 15 is 0 Å². The van der Waals surface area contributed by atoms with E-state index in [0.717, 1.165) is 43.6 Å². The summed E-state index contributed by atoms with van der Waals surface area (Å²) in [6.45, 7) is 6.59. The van der Waals surface area contributed by atoms with Crippen LogP contribution in [0.4, 0.5) is 5.69 Å². The SMILES string of the molecule is CCCNS(=O)(=O)c1ccc2c(c1)CCN2C(=O)CCC(=O)N1CCC(C)CC1. The average molecular weight is 422 g/mol. The summed E-state index contributed by atoms with van der Waals surface area (Å²) in [6.07, 6.45) is 3.81. The van der Waals surface area contributed by atoms with Gasteiger partial charge in [0.05, 0.1) is 4.90 Å². The van der Waals surface area contributed by atoms with Gasteiger partial charge in [-0.05, 0) is 55.4 Å². The lowest BCUT2D eigenvalue weighted by Gasteiger charge is -2.30. The maximum Gasteiger partial charge on any atom is 0.240 e. The highest BCUT2D eigenvalue weighted by Gasteiger charge is 2.28. The second-order valence-corrected chi connectivity index (χ2v) is 9.81. The predicted molar refractivity (Wildman–Crippen MR) is 112 cm³/mol. The summed E-state index contributed by atoms with van der Waals surface area (Å²) in [5.41, 5.74) is 1.61. The highest BCUT2D eigenvalue weighted by atomic mass is 32.2. The molecule has 3 rings (SSSR count). The highest BCUT2D eigenvalue weighted by molar-refractivity contribution is 7.89. The normalized spacial score (nSPS) is 17.4. The number of carbonyl (C=O) groups is 2. The Morgan fingerprint density at radius 1 is 1.10 bits per heavy atom. The van der Waals surface area contributed by atoms with E-state index in [1.165, 1.54) is 0 Å². The van der Waals surface area contributed by atoms with Crippen molar-refractivity contribution in [2.75, 3.05) is 31.1 Å². The Balaban J connectivity index is 1.60. The van der Waals surface area contributed by atoms with Gasteiger partial charge in [0.1, 0.15) is 0 Å². The molecule has 0 aliphatic carbocycles. The van der Waals surface area contributed by atoms with Crippen LogP contribution in [-0.4, -0.2) is 51.3 Å². The minimum Gasteiger partial charge on any atom is -0.343 e. The number of benzene rings is 1. The molecule has 1 fully saturated rings. The highest BCUT2D eigenvalue weighted by Crippen LogP contribution is 2.31. The number of nitrogens with zero attached hydrogens (tertiary/aromatic N) is 2. The first-order valence-electron chi connectivity index (χ1n) is 10.5. The van der Waals surface area contributed by atoms with E-state index in [1.807, 2.05) is 11.8 Å². The summed E-state index contributed by atoms with van der Waals surface area (Å²) < 4.78 is 27.2. The van der Waals surface area contributed by atoms with Gasteiger partial charge in [0, 0.05) is 44.7 Å². The molecule has 0 spiro atoms. The van der Waals surface area contributed by atoms with Crippen molar-refractivity contribution in [3.63, 3.8) is 0 Å². The molecule has 2 heterocycles. The van der Waals surface area contributed by atoms with Gasteiger partial charge < -0.3 is 9.80 Å². The van der Waals surface area contributed by atoms with Crippen molar-refractivity contribution in [2.24, 2.45) is 5.92 Å². The molecule has 0 radical (unpaired) electrons. The second kappa shape index (κ2) is 9.26. The van der Waals surface area contributed by atoms with Gasteiger partial charge in [-0.1, -0.05) is 13.8 Å². The monoisotopic (exact) mass is 421 g/mol. The molecule has 2 aliphatic heterocycles. The van der Waals surface area contributed by atoms with Crippen LogP contribution in [0.2, 0.25) is 0 Å². The number of anilines is 1. The summed E-state index contributed by atoms with van der Waals surface area (Å²) in [7, 11) is -3.52. The van der Waals surface area contributed by atoms with Gasteiger partial charge in [0.15, 0.2) is 0 Å². The van der Waals surface area contributed by atoms with Gasteiger partial charge in [0.2, 0.25) is 21.8 Å². The molecular weight excluding hydrogens is 390 g/mol. The van der Waals surface area contributed by atoms with E-state index in [0.29, 0.717) is 25.4 Å². The molecule has 0 bridgehead atoms. The minimum atomic E-state index is -3.52. The van der Waals surface area contributed by atoms with Gasteiger partial charge in [0.25, 0.3) is 0 Å². The molecular formula is C21H31N3O4S. The number of likely N-dealkylation sites (tertiary alicyclic amines) is 1. The van der Waals surface area contributed by atoms with Gasteiger partial charge in [-0.15, -0.1) is 0 Å². The van der Waals surface area contributed by atoms with E-state index in [4.69, 9.17) is 0 Å². The number of nitrogens with one attached hydrogen (secondary N) is 1. The lowest BCUT2D eigenvalue weighted by Crippen LogP contribution is -2.38. The summed E-state index contributed by atoms with van der Waals surface area (Å²) >= 11 is 0. The molecule has 2 aliphatic rings. The van der Waals surface area contributed by atoms with E-state index in [9.17, 15) is 18.0 Å². The number of amides is 2. The topological polar surface area (TPSA) is 86.8 Å². The Morgan fingerprint density at radius 3 is 2.48 bits per heavy atom. The van der Waals surface area contributed by atoms with Crippen LogP contribution in [0.15, 0.2) is 23.1 Å². The fourth-order valence-electron chi connectivity index (χ4n) is 3.89. The molecule has 1 aromatic rings. The average Bonchev–Trinajstić information content (AvgIpc) is 3.14. The van der Waals surface area contributed by atoms with Crippen molar-refractivity contribution in [1.82, 2.24) is 9.62 Å². The van der Waals surface area contributed by atoms with Gasteiger partial charge >= 0.3 is 0 Å². The lowest BCUT2D eigenvalue weighted by molar-refractivity contribution is -0.134. The third-order valence-corrected chi connectivity index (χ3v) is 7.25. The molecule has 29 heavy (non-hydrogen) atoms. The maximum atomic E-state index is 12.7. The Kier molecular flexibility index (Phi) is 6.95. The second-order valence-electron chi connectivity index (χ2n) is 8.05. The Hall–Kier alpha value is -1.93. The van der Waals surface area contributed by atoms with Gasteiger partial charge in [-0.3, -0.25) is 9.59 Å². The van der Waals surface area contributed by atoms with Crippen LogP contribution >= 0.6 is 0 Å². The van der Waals surface area contributed by atoms with Crippen molar-refractivity contribution in [2.45, 2.75) is 57.3 Å². The molecule has 1 saturated heterocycles. The third kappa shape index (κ3) is 5.17. The van der Waals surface area contributed by atoms with Crippen molar-refractivity contribution in [3.8, 4) is 0 Å². The lowest BCUT2D eigenvalue weighted by atomic mass is 9.99. The largest absolute Gasteiger partial charge is 0.343 e. The number of carbonyl (C=O) groups excluding carboxylic acids is 2. The number of hydrogen-bond acceptors (Lipinski definition) is 4. The molecule has 0 aromatic heterocycles. The van der Waals surface area contributed by atoms with Crippen LogP contribution in [0.3, 0.4) is 0 Å². The van der Waals surface area contributed by atoms with Gasteiger partial charge in [-0.25, -0.2) is 13.1 Å². The molecule has 8 heteroatoms. The number of hydrogen-bond donors (Lipinski definition) is 1. The molecule has 160 valence electrons. The van der Waals surface area contributed by atoms with Crippen LogP contribution < -0.4 is 9.62 Å². The molecule has 2 amide bonds. The van der Waals surface area contributed by atoms with Crippen LogP contribution in [0.5, 0.6) is 0 Å². The van der Waals surface area contributed by atoms with Crippen molar-refractivity contribution < 1.29 is 18.0 Å². The van der Waals surface area contributed by atoms with Crippen LogP contribution in [0.1, 0.15) is 51.5 Å². The van der Waals surface area contributed by atoms with Crippen LogP contribution in [-0.2, 0) is 26.0 Å². The number of rotatable bonds is 7. The smallest absolute Gasteiger partial charge is 0.240 e. The van der Waals surface area contributed by atoms with Crippen molar-refractivity contribution in [3.05, 3.63) is 23.8 Å². The Labute approximate surface area is 173 Å². The summed E-state index contributed by atoms with van der Waals surface area (Å²) in [6, 6.07) is 4.90. The zero-order valence-electron chi connectivity index (χ0n) is 17.3. The van der Waals surface area contributed by atoms with Crippen molar-refractivity contribution in [1.29, 1.82) is 0 Å². The van der Waals surface area contributed by atoms with E-state index in [2.05, 4.69) is 11.6 Å². The minimum absolute atomic E-state index is 0.0492. The first-order valence-corrected chi connectivity index (χ1v) is 12.0. The van der Waals surface area contributed by atoms with E-state index in [-0.39, 0.29) is 29.6 Å². The number of fused-ring (bicyclic) bond motifs is 1. The molecule has 7 nitrogen and oxygen atoms in total. The zero-order valence-corrected chi connectivity index (χ0v) is 18.1. The summed E-state index contributed by atoms with van der Waals surface area (Å²) in [5, 5.41) is 0. The van der Waals surface area contributed by atoms with Crippen LogP contribution in [0, 0.1) is 5.92 Å². The quantitative estimate of drug-likeness (QED) is 0.732. The van der Waals surface area contributed by atoms with Gasteiger partial charge in [-0.2, -0.15) is 0 Å². The first-order chi connectivity index (χ1) is 13.8. The summed E-state index contributed by atoms with van der Waals surface area (Å²) in [4.78, 5) is 28.9. The fraction of sp³-hybridized carbons (Fsp3) is 0.619. The zero-order chi connectivity index (χ0) is 21.0. The number of piperidine rings is 1. The van der Waals surface area contributed by atoms with E-state index < -0.39 is 10.0 Å². The van der Waals surface area contributed by atoms with E-state index in [1.54, 1.807) is 23.1 Å². The Morgan fingerprint density at radius 2 is 1.79 bits per heavy atom. The molecule has 0 unspecified atom stereocenters. The molecule has 1 aromatic carbocycles. The maximum absolute atomic E-state index is 12.7.